The molecule has 0 aliphatic rings. The number of hydrogen-bond donors (Lipinski definition) is 4. The lowest BCUT2D eigenvalue weighted by atomic mass is 10.3. The molecular weight excluding hydrogens is 470 g/mol. The molecule has 3 aromatic heterocycles. The molecule has 10 nitrogen and oxygen atoms in total. The van der Waals surface area contributed by atoms with Crippen LogP contribution in [0, 0.1) is 12.9 Å². The zero-order chi connectivity index (χ0) is 26.1. The molecule has 0 unspecified atom stereocenters. The first-order valence-electron chi connectivity index (χ1n) is 10.3. The zero-order valence-corrected chi connectivity index (χ0v) is 18.9. The Morgan fingerprint density at radius 3 is 2.33 bits per heavy atom. The molecule has 0 aliphatic heterocycles. The summed E-state index contributed by atoms with van der Waals surface area (Å²) < 4.78 is 22.9. The number of fused-ring (bicyclic) bond motifs is 1. The number of halogens is 1. The number of nitrogens with two attached hydrogens (primary N) is 1. The molecule has 0 fully saturated rings. The van der Waals surface area contributed by atoms with Crippen LogP contribution in [0.4, 0.5) is 10.1 Å². The first-order valence-corrected chi connectivity index (χ1v) is 10.3. The van der Waals surface area contributed by atoms with Crippen LogP contribution in [0.15, 0.2) is 77.5 Å². The molecule has 0 aliphatic carbocycles. The molecule has 36 heavy (non-hydrogen) atoms. The molecule has 5 rings (SSSR count). The summed E-state index contributed by atoms with van der Waals surface area (Å²) in [6.45, 7) is 2.23. The predicted molar refractivity (Wildman–Crippen MR) is 129 cm³/mol. The van der Waals surface area contributed by atoms with Gasteiger partial charge in [-0.05, 0) is 43.3 Å². The standard InChI is InChI=1S/C12H7FN2O2.C7H7NO2.C6H7NO2/c13-11-5-7(3-4-14-11)12-15-9-2-1-8(16)6-10(9)17-12;1-6-4-7(10-5-9)2-3-8-6;7-5-2-1-4(8)3-6(5)9/h1-6,16H;2-5H,1H3;1-3,8-9H,7H2/i13-1;;. The van der Waals surface area contributed by atoms with Gasteiger partial charge in [0.25, 0.3) is 6.47 Å². The van der Waals surface area contributed by atoms with Crippen molar-refractivity contribution in [2.45, 2.75) is 6.92 Å². The zero-order valence-electron chi connectivity index (χ0n) is 18.9. The third-order valence-corrected chi connectivity index (χ3v) is 4.41. The van der Waals surface area contributed by atoms with Crippen LogP contribution < -0.4 is 10.5 Å². The molecule has 0 amide bonds. The van der Waals surface area contributed by atoms with E-state index >= 15 is 0 Å². The second-order valence-electron chi connectivity index (χ2n) is 7.13. The van der Waals surface area contributed by atoms with Crippen LogP contribution in [0.5, 0.6) is 23.0 Å². The van der Waals surface area contributed by atoms with Gasteiger partial charge in [-0.1, -0.05) is 0 Å². The van der Waals surface area contributed by atoms with Gasteiger partial charge in [0.2, 0.25) is 11.8 Å². The van der Waals surface area contributed by atoms with Crippen LogP contribution >= 0.6 is 0 Å². The molecule has 0 spiro atoms. The van der Waals surface area contributed by atoms with E-state index in [2.05, 4.69) is 19.7 Å². The summed E-state index contributed by atoms with van der Waals surface area (Å²) in [6.07, 6.45) is 2.94. The Hall–Kier alpha value is -5.19. The number of nitrogen functional groups attached to an aromatic ring is 1. The molecule has 3 heterocycles. The highest BCUT2D eigenvalue weighted by molar-refractivity contribution is 5.77. The highest BCUT2D eigenvalue weighted by Crippen LogP contribution is 2.26. The number of benzene rings is 2. The summed E-state index contributed by atoms with van der Waals surface area (Å²) >= 11 is 0. The molecule has 0 saturated carbocycles. The number of aromatic nitrogens is 3. The topological polar surface area (TPSA) is 165 Å². The number of phenolic OH excluding ortho intramolecular Hbond substituents is 3. The molecule has 11 heteroatoms. The molecule has 2 aromatic carbocycles. The minimum Gasteiger partial charge on any atom is -0.508 e. The molecule has 5 aromatic rings. The average Bonchev–Trinajstić information content (AvgIpc) is 3.26. The third kappa shape index (κ3) is 7.15. The monoisotopic (exact) mass is 491 g/mol. The third-order valence-electron chi connectivity index (χ3n) is 4.41. The Kier molecular flexibility index (Phi) is 8.33. The van der Waals surface area contributed by atoms with Gasteiger partial charge in [-0.2, -0.15) is 4.39 Å². The first-order chi connectivity index (χ1) is 17.2. The number of aryl methyl sites for hydroxylation is 1. The van der Waals surface area contributed by atoms with Crippen LogP contribution in [0.25, 0.3) is 22.6 Å². The number of nitrogens with zero attached hydrogens (tertiary/aromatic N) is 3. The normalized spacial score (nSPS) is 9.94. The van der Waals surface area contributed by atoms with Crippen molar-refractivity contribution in [3.8, 4) is 34.5 Å². The fraction of sp³-hybridized carbons (Fsp3) is 0.0400. The maximum absolute atomic E-state index is 13.0. The second-order valence-corrected chi connectivity index (χ2v) is 7.13. The Morgan fingerprint density at radius 2 is 1.67 bits per heavy atom. The van der Waals surface area contributed by atoms with Gasteiger partial charge in [0.1, 0.15) is 28.5 Å². The summed E-state index contributed by atoms with van der Waals surface area (Å²) in [5, 5.41) is 26.8. The summed E-state index contributed by atoms with van der Waals surface area (Å²) in [7, 11) is 0. The largest absolute Gasteiger partial charge is 0.508 e. The molecule has 0 radical (unpaired) electrons. The number of anilines is 1. The van der Waals surface area contributed by atoms with Gasteiger partial charge in [0.05, 0.1) is 5.69 Å². The Morgan fingerprint density at radius 1 is 0.944 bits per heavy atom. The van der Waals surface area contributed by atoms with E-state index in [-0.39, 0.29) is 22.9 Å². The van der Waals surface area contributed by atoms with Crippen molar-refractivity contribution in [1.82, 2.24) is 15.0 Å². The number of pyridine rings is 2. The number of carbonyl (C=O) groups is 1. The van der Waals surface area contributed by atoms with E-state index in [9.17, 15) is 14.3 Å². The van der Waals surface area contributed by atoms with Crippen LogP contribution in [0.1, 0.15) is 5.69 Å². The van der Waals surface area contributed by atoms with Crippen molar-refractivity contribution in [3.05, 3.63) is 84.7 Å². The summed E-state index contributed by atoms with van der Waals surface area (Å²) in [4.78, 5) is 21.4. The minimum atomic E-state index is -0.590. The van der Waals surface area contributed by atoms with Gasteiger partial charge in [0.15, 0.2) is 5.58 Å². The van der Waals surface area contributed by atoms with Crippen molar-refractivity contribution in [2.75, 3.05) is 5.73 Å². The molecule has 0 saturated heterocycles. The fourth-order valence-electron chi connectivity index (χ4n) is 2.75. The lowest BCUT2D eigenvalue weighted by Gasteiger charge is -1.96. The van der Waals surface area contributed by atoms with Gasteiger partial charge >= 0.3 is 0 Å². The highest BCUT2D eigenvalue weighted by Gasteiger charge is 2.09. The van der Waals surface area contributed by atoms with Gasteiger partial charge < -0.3 is 30.2 Å². The number of oxazole rings is 1. The fourth-order valence-corrected chi connectivity index (χ4v) is 2.75. The van der Waals surface area contributed by atoms with Crippen molar-refractivity contribution in [1.29, 1.82) is 0 Å². The molecule has 0 atom stereocenters. The second kappa shape index (κ2) is 11.8. The minimum absolute atomic E-state index is 0.0155. The van der Waals surface area contributed by atoms with E-state index in [4.69, 9.17) is 20.4 Å². The molecule has 5 N–H and O–H groups in total. The van der Waals surface area contributed by atoms with Crippen molar-refractivity contribution in [3.63, 3.8) is 0 Å². The van der Waals surface area contributed by atoms with Crippen LogP contribution in [-0.2, 0) is 4.79 Å². The number of aromatic hydroxyl groups is 3. The van der Waals surface area contributed by atoms with E-state index in [0.717, 1.165) is 5.69 Å². The quantitative estimate of drug-likeness (QED) is 0.0938. The van der Waals surface area contributed by atoms with Crippen LogP contribution in [-0.4, -0.2) is 36.7 Å². The summed E-state index contributed by atoms with van der Waals surface area (Å²) in [5.74, 6) is 0.264. The lowest BCUT2D eigenvalue weighted by Crippen LogP contribution is -1.89. The van der Waals surface area contributed by atoms with Crippen molar-refractivity contribution >= 4 is 23.3 Å². The van der Waals surface area contributed by atoms with E-state index < -0.39 is 5.95 Å². The van der Waals surface area contributed by atoms with Crippen LogP contribution in [0.2, 0.25) is 0 Å². The van der Waals surface area contributed by atoms with E-state index in [1.54, 1.807) is 30.5 Å². The number of carbonyl (C=O) groups excluding carboxylic acids is 1. The Balaban J connectivity index is 0.000000163. The first kappa shape index (κ1) is 25.4. The molecular formula is C25H21FN4O6. The van der Waals surface area contributed by atoms with Gasteiger partial charge in [-0.15, -0.1) is 0 Å². The smallest absolute Gasteiger partial charge is 0.298 e. The summed E-state index contributed by atoms with van der Waals surface area (Å²) in [6, 6.07) is 14.8. The SMILES string of the molecule is Cc1cc(OC=O)ccn1.Nc1ccc(O)cc1O.Oc1ccc2nc(-c3ccnc([18F])c3)oc2c1. The van der Waals surface area contributed by atoms with Crippen LogP contribution in [0.3, 0.4) is 0 Å². The Bertz CT molecular complexity index is 1470. The van der Waals surface area contributed by atoms with Gasteiger partial charge in [-0.3, -0.25) is 9.78 Å². The molecule has 0 bridgehead atoms. The predicted octanol–water partition coefficient (Wildman–Crippen LogP) is 4.34. The molecule has 184 valence electrons. The lowest BCUT2D eigenvalue weighted by molar-refractivity contribution is -0.120. The van der Waals surface area contributed by atoms with Gasteiger partial charge in [0, 0.05) is 47.9 Å². The van der Waals surface area contributed by atoms with E-state index in [1.165, 1.54) is 42.6 Å². The van der Waals surface area contributed by atoms with Gasteiger partial charge in [-0.25, -0.2) is 9.97 Å². The number of hydrogen-bond acceptors (Lipinski definition) is 10. The van der Waals surface area contributed by atoms with Crippen molar-refractivity contribution < 1.29 is 33.7 Å². The highest BCUT2D eigenvalue weighted by atomic mass is 18.2. The number of phenols is 3. The maximum Gasteiger partial charge on any atom is 0.298 e. The summed E-state index contributed by atoms with van der Waals surface area (Å²) in [5.41, 5.74) is 7.90. The number of rotatable bonds is 3. The average molecular weight is 491 g/mol. The van der Waals surface area contributed by atoms with E-state index in [0.29, 0.717) is 34.8 Å². The Labute approximate surface area is 204 Å². The van der Waals surface area contributed by atoms with E-state index in [1.807, 2.05) is 6.92 Å². The maximum atomic E-state index is 13.0. The van der Waals surface area contributed by atoms with Crippen molar-refractivity contribution in [2.24, 2.45) is 0 Å². The number of ether oxygens (including phenoxy) is 1.